The second-order valence-corrected chi connectivity index (χ2v) is 8.27. The number of carbonyl (C=O) groups excluding carboxylic acids is 3. The van der Waals surface area contributed by atoms with E-state index in [4.69, 9.17) is 4.74 Å². The first-order chi connectivity index (χ1) is 14.4. The molecular weight excluding hydrogens is 407 g/mol. The number of benzene rings is 1. The molecule has 1 aromatic carbocycles. The van der Waals surface area contributed by atoms with Crippen LogP contribution in [0.3, 0.4) is 0 Å². The minimum Gasteiger partial charge on any atom is -0.462 e. The van der Waals surface area contributed by atoms with Crippen molar-refractivity contribution >= 4 is 34.1 Å². The van der Waals surface area contributed by atoms with Crippen LogP contribution in [0.5, 0.6) is 0 Å². The number of anilines is 1. The second-order valence-electron chi connectivity index (χ2n) is 7.25. The summed E-state index contributed by atoms with van der Waals surface area (Å²) in [5.74, 6) is -1.98. The summed E-state index contributed by atoms with van der Waals surface area (Å²) in [4.78, 5) is 38.3. The highest BCUT2D eigenvalue weighted by molar-refractivity contribution is 7.18. The van der Waals surface area contributed by atoms with Gasteiger partial charge in [0.15, 0.2) is 0 Å². The molecule has 0 radical (unpaired) electrons. The minimum absolute atomic E-state index is 0.115. The predicted molar refractivity (Wildman–Crippen MR) is 114 cm³/mol. The lowest BCUT2D eigenvalue weighted by Crippen LogP contribution is -2.36. The SMILES string of the molecule is CCOC(=O)c1c(NC(=O)c2cccc(F)c2)sc(C(=O)NC2CCCCC2)c1C. The minimum atomic E-state index is -0.613. The highest BCUT2D eigenvalue weighted by Crippen LogP contribution is 2.34. The number of esters is 1. The van der Waals surface area contributed by atoms with E-state index in [1.807, 2.05) is 0 Å². The standard InChI is InChI=1S/C22H25FN2O4S/c1-3-29-22(28)17-13(2)18(20(27)24-16-10-5-4-6-11-16)30-21(17)25-19(26)14-8-7-9-15(23)12-14/h7-9,12,16H,3-6,10-11H2,1-2H3,(H,24,27)(H,25,26). The van der Waals surface area contributed by atoms with Crippen molar-refractivity contribution in [2.45, 2.75) is 52.0 Å². The van der Waals surface area contributed by atoms with Crippen LogP contribution in [-0.4, -0.2) is 30.4 Å². The van der Waals surface area contributed by atoms with Gasteiger partial charge in [-0.05, 0) is 50.5 Å². The van der Waals surface area contributed by atoms with Gasteiger partial charge < -0.3 is 15.4 Å². The maximum absolute atomic E-state index is 13.5. The van der Waals surface area contributed by atoms with Crippen molar-refractivity contribution in [3.05, 3.63) is 51.7 Å². The Hall–Kier alpha value is -2.74. The van der Waals surface area contributed by atoms with Crippen molar-refractivity contribution in [1.82, 2.24) is 5.32 Å². The third-order valence-corrected chi connectivity index (χ3v) is 6.29. The first kappa shape index (κ1) is 22.0. The fourth-order valence-corrected chi connectivity index (χ4v) is 4.66. The number of carbonyl (C=O) groups is 3. The van der Waals surface area contributed by atoms with Crippen molar-refractivity contribution in [3.8, 4) is 0 Å². The quantitative estimate of drug-likeness (QED) is 0.649. The van der Waals surface area contributed by atoms with Crippen molar-refractivity contribution in [1.29, 1.82) is 0 Å². The van der Waals surface area contributed by atoms with Gasteiger partial charge in [0.05, 0.1) is 17.0 Å². The summed E-state index contributed by atoms with van der Waals surface area (Å²) in [6, 6.07) is 5.36. The molecule has 2 N–H and O–H groups in total. The fraction of sp³-hybridized carbons (Fsp3) is 0.409. The summed E-state index contributed by atoms with van der Waals surface area (Å²) in [5.41, 5.74) is 0.728. The van der Waals surface area contributed by atoms with E-state index in [9.17, 15) is 18.8 Å². The van der Waals surface area contributed by atoms with E-state index in [0.717, 1.165) is 43.1 Å². The van der Waals surface area contributed by atoms with Crippen molar-refractivity contribution in [2.75, 3.05) is 11.9 Å². The summed E-state index contributed by atoms with van der Waals surface area (Å²) in [6.45, 7) is 3.51. The fourth-order valence-electron chi connectivity index (χ4n) is 3.57. The average molecular weight is 433 g/mol. The molecule has 1 aliphatic rings. The molecule has 0 aliphatic heterocycles. The Balaban J connectivity index is 1.88. The molecule has 160 valence electrons. The molecular formula is C22H25FN2O4S. The van der Waals surface area contributed by atoms with Crippen LogP contribution in [0, 0.1) is 12.7 Å². The number of thiophene rings is 1. The zero-order valence-corrected chi connectivity index (χ0v) is 17.9. The van der Waals surface area contributed by atoms with Crippen LogP contribution >= 0.6 is 11.3 Å². The molecule has 30 heavy (non-hydrogen) atoms. The van der Waals surface area contributed by atoms with Gasteiger partial charge in [0, 0.05) is 11.6 Å². The molecule has 2 aromatic rings. The molecule has 1 saturated carbocycles. The molecule has 3 rings (SSSR count). The maximum Gasteiger partial charge on any atom is 0.341 e. The van der Waals surface area contributed by atoms with Crippen LogP contribution in [-0.2, 0) is 4.74 Å². The Labute approximate surface area is 178 Å². The summed E-state index contributed by atoms with van der Waals surface area (Å²) in [6.07, 6.45) is 5.20. The topological polar surface area (TPSA) is 84.5 Å². The second kappa shape index (κ2) is 9.84. The van der Waals surface area contributed by atoms with Gasteiger partial charge in [0.1, 0.15) is 10.8 Å². The van der Waals surface area contributed by atoms with E-state index in [-0.39, 0.29) is 34.7 Å². The Bertz CT molecular complexity index is 951. The molecule has 1 fully saturated rings. The van der Waals surface area contributed by atoms with Gasteiger partial charge in [-0.2, -0.15) is 0 Å². The van der Waals surface area contributed by atoms with Crippen LogP contribution < -0.4 is 10.6 Å². The molecule has 1 aromatic heterocycles. The third-order valence-electron chi connectivity index (χ3n) is 5.09. The number of rotatable bonds is 6. The Morgan fingerprint density at radius 2 is 1.90 bits per heavy atom. The van der Waals surface area contributed by atoms with Crippen LogP contribution in [0.2, 0.25) is 0 Å². The van der Waals surface area contributed by atoms with E-state index in [2.05, 4.69) is 10.6 Å². The summed E-state index contributed by atoms with van der Waals surface area (Å²) in [7, 11) is 0. The number of nitrogens with one attached hydrogen (secondary N) is 2. The Kier molecular flexibility index (Phi) is 7.20. The first-order valence-corrected chi connectivity index (χ1v) is 10.9. The predicted octanol–water partition coefficient (Wildman–Crippen LogP) is 4.69. The van der Waals surface area contributed by atoms with Crippen LogP contribution in [0.25, 0.3) is 0 Å². The average Bonchev–Trinajstić information content (AvgIpc) is 3.05. The molecule has 0 atom stereocenters. The van der Waals surface area contributed by atoms with Crippen LogP contribution in [0.4, 0.5) is 9.39 Å². The maximum atomic E-state index is 13.5. The summed E-state index contributed by atoms with van der Waals surface area (Å²) >= 11 is 1.03. The normalized spacial score (nSPS) is 14.2. The van der Waals surface area contributed by atoms with Crippen molar-refractivity contribution in [3.63, 3.8) is 0 Å². The van der Waals surface area contributed by atoms with Gasteiger partial charge in [-0.3, -0.25) is 9.59 Å². The number of ether oxygens (including phenoxy) is 1. The van der Waals surface area contributed by atoms with E-state index >= 15 is 0 Å². The molecule has 6 nitrogen and oxygen atoms in total. The number of hydrogen-bond donors (Lipinski definition) is 2. The van der Waals surface area contributed by atoms with Gasteiger partial charge in [0.2, 0.25) is 0 Å². The third kappa shape index (κ3) is 5.05. The van der Waals surface area contributed by atoms with Crippen LogP contribution in [0.1, 0.15) is 75.0 Å². The molecule has 0 unspecified atom stereocenters. The number of halogens is 1. The van der Waals surface area contributed by atoms with E-state index in [1.54, 1.807) is 13.8 Å². The summed E-state index contributed by atoms with van der Waals surface area (Å²) < 4.78 is 18.6. The van der Waals surface area contributed by atoms with Crippen molar-refractivity contribution in [2.24, 2.45) is 0 Å². The van der Waals surface area contributed by atoms with Crippen LogP contribution in [0.15, 0.2) is 24.3 Å². The molecule has 0 spiro atoms. The monoisotopic (exact) mass is 432 g/mol. The van der Waals surface area contributed by atoms with Gasteiger partial charge in [-0.15, -0.1) is 11.3 Å². The Morgan fingerprint density at radius 1 is 1.17 bits per heavy atom. The van der Waals surface area contributed by atoms with Gasteiger partial charge in [0.25, 0.3) is 11.8 Å². The molecule has 2 amide bonds. The lowest BCUT2D eigenvalue weighted by molar-refractivity contribution is 0.0527. The Morgan fingerprint density at radius 3 is 2.57 bits per heavy atom. The zero-order valence-electron chi connectivity index (χ0n) is 17.0. The van der Waals surface area contributed by atoms with E-state index in [1.165, 1.54) is 24.6 Å². The zero-order chi connectivity index (χ0) is 21.7. The lowest BCUT2D eigenvalue weighted by Gasteiger charge is -2.22. The first-order valence-electron chi connectivity index (χ1n) is 10.1. The number of hydrogen-bond acceptors (Lipinski definition) is 5. The highest BCUT2D eigenvalue weighted by Gasteiger charge is 2.28. The molecule has 1 aliphatic carbocycles. The van der Waals surface area contributed by atoms with E-state index in [0.29, 0.717) is 10.4 Å². The molecule has 8 heteroatoms. The molecule has 0 saturated heterocycles. The van der Waals surface area contributed by atoms with Gasteiger partial charge >= 0.3 is 5.97 Å². The van der Waals surface area contributed by atoms with Gasteiger partial charge in [-0.1, -0.05) is 25.3 Å². The number of amides is 2. The highest BCUT2D eigenvalue weighted by atomic mass is 32.1. The summed E-state index contributed by atoms with van der Waals surface area (Å²) in [5, 5.41) is 5.90. The van der Waals surface area contributed by atoms with Gasteiger partial charge in [-0.25, -0.2) is 9.18 Å². The molecule has 1 heterocycles. The van der Waals surface area contributed by atoms with E-state index < -0.39 is 17.7 Å². The van der Waals surface area contributed by atoms with Crippen molar-refractivity contribution < 1.29 is 23.5 Å². The largest absolute Gasteiger partial charge is 0.462 e. The molecule has 0 bridgehead atoms. The lowest BCUT2D eigenvalue weighted by atomic mass is 9.95. The smallest absolute Gasteiger partial charge is 0.341 e.